The molecule has 0 bridgehead atoms. The molecule has 0 amide bonds. The molecule has 0 rings (SSSR count). The maximum Gasteiger partial charge on any atom is 0.327 e. The van der Waals surface area contributed by atoms with Crippen LogP contribution in [0.25, 0.3) is 0 Å². The van der Waals surface area contributed by atoms with Crippen LogP contribution in [0.15, 0.2) is 12.2 Å². The van der Waals surface area contributed by atoms with Gasteiger partial charge in [0.1, 0.15) is 0 Å². The Bertz CT molecular complexity index is 216. The van der Waals surface area contributed by atoms with E-state index in [0.717, 1.165) is 6.08 Å². The lowest BCUT2D eigenvalue weighted by Crippen LogP contribution is -2.00. The fraction of sp³-hybridized carbons (Fsp3) is 0.375. The summed E-state index contributed by atoms with van der Waals surface area (Å²) in [6.07, 6.45) is 1.97. The summed E-state index contributed by atoms with van der Waals surface area (Å²) in [6, 6.07) is 0. The molecule has 0 atom stereocenters. The molecule has 0 saturated carbocycles. The molecular weight excluding hydrogens is 192 g/mol. The van der Waals surface area contributed by atoms with Crippen LogP contribution >= 0.6 is 0 Å². The van der Waals surface area contributed by atoms with Crippen molar-refractivity contribution in [1.82, 2.24) is 0 Å². The third-order valence-corrected chi connectivity index (χ3v) is 0.862. The molecule has 0 fully saturated rings. The van der Waals surface area contributed by atoms with Gasteiger partial charge in [-0.3, -0.25) is 9.59 Å². The van der Waals surface area contributed by atoms with Gasteiger partial charge in [-0.05, 0) is 6.92 Å². The number of hydrogen-bond acceptors (Lipinski definition) is 3. The second-order valence-corrected chi connectivity index (χ2v) is 2.13. The minimum Gasteiger partial charge on any atom is -0.481 e. The van der Waals surface area contributed by atoms with E-state index in [1.807, 2.05) is 0 Å². The zero-order valence-corrected chi connectivity index (χ0v) is 7.64. The van der Waals surface area contributed by atoms with Crippen LogP contribution in [0.1, 0.15) is 19.8 Å². The summed E-state index contributed by atoms with van der Waals surface area (Å²) in [5.41, 5.74) is 0. The van der Waals surface area contributed by atoms with Crippen LogP contribution < -0.4 is 0 Å². The molecule has 0 aromatic rings. The summed E-state index contributed by atoms with van der Waals surface area (Å²) in [5, 5.41) is 23.6. The van der Waals surface area contributed by atoms with Gasteiger partial charge in [0.2, 0.25) is 0 Å². The van der Waals surface area contributed by atoms with Gasteiger partial charge in [-0.25, -0.2) is 4.79 Å². The van der Waals surface area contributed by atoms with Crippen LogP contribution in [0.4, 0.5) is 0 Å². The molecule has 80 valence electrons. The number of carbonyl (C=O) groups is 3. The van der Waals surface area contributed by atoms with E-state index in [-0.39, 0.29) is 12.8 Å². The zero-order valence-electron chi connectivity index (χ0n) is 7.64. The Morgan fingerprint density at radius 3 is 1.43 bits per heavy atom. The minimum atomic E-state index is -1.08. The number of hydrogen-bond donors (Lipinski definition) is 3. The van der Waals surface area contributed by atoms with E-state index in [0.29, 0.717) is 0 Å². The van der Waals surface area contributed by atoms with Gasteiger partial charge >= 0.3 is 17.9 Å². The molecule has 3 N–H and O–H groups in total. The average Bonchev–Trinajstić information content (AvgIpc) is 2.01. The van der Waals surface area contributed by atoms with Gasteiger partial charge in [0.05, 0.1) is 12.8 Å². The lowest BCUT2D eigenvalue weighted by molar-refractivity contribution is -0.143. The van der Waals surface area contributed by atoms with Crippen molar-refractivity contribution in [2.75, 3.05) is 0 Å². The SMILES string of the molecule is CC=CC(=O)O.O=C(O)CCC(=O)O. The molecule has 0 unspecified atom stereocenters. The van der Waals surface area contributed by atoms with Crippen molar-refractivity contribution in [2.45, 2.75) is 19.8 Å². The first kappa shape index (κ1) is 14.7. The van der Waals surface area contributed by atoms with Crippen LogP contribution in [-0.2, 0) is 14.4 Å². The first-order chi connectivity index (χ1) is 6.40. The van der Waals surface area contributed by atoms with Gasteiger partial charge < -0.3 is 15.3 Å². The predicted molar refractivity (Wildman–Crippen MR) is 47.0 cm³/mol. The van der Waals surface area contributed by atoms with Crippen LogP contribution in [0, 0.1) is 0 Å². The molecule has 0 aliphatic rings. The van der Waals surface area contributed by atoms with Gasteiger partial charge in [0, 0.05) is 6.08 Å². The molecule has 0 aromatic heterocycles. The highest BCUT2D eigenvalue weighted by Crippen LogP contribution is 1.86. The normalized spacial score (nSPS) is 8.93. The maximum atomic E-state index is 9.64. The first-order valence-corrected chi connectivity index (χ1v) is 3.69. The van der Waals surface area contributed by atoms with E-state index in [4.69, 9.17) is 15.3 Å². The Hall–Kier alpha value is -1.85. The number of carboxylic acid groups (broad SMARTS) is 3. The largest absolute Gasteiger partial charge is 0.481 e. The quantitative estimate of drug-likeness (QED) is 0.577. The number of allylic oxidation sites excluding steroid dienone is 1. The van der Waals surface area contributed by atoms with Gasteiger partial charge in [-0.2, -0.15) is 0 Å². The van der Waals surface area contributed by atoms with E-state index in [1.165, 1.54) is 6.08 Å². The Morgan fingerprint density at radius 1 is 1.00 bits per heavy atom. The summed E-state index contributed by atoms with van der Waals surface area (Å²) in [7, 11) is 0. The van der Waals surface area contributed by atoms with Crippen LogP contribution in [-0.4, -0.2) is 33.2 Å². The van der Waals surface area contributed by atoms with Crippen molar-refractivity contribution >= 4 is 17.9 Å². The molecule has 0 heterocycles. The molecule has 0 aliphatic heterocycles. The van der Waals surface area contributed by atoms with Crippen LogP contribution in [0.5, 0.6) is 0 Å². The van der Waals surface area contributed by atoms with Crippen molar-refractivity contribution in [2.24, 2.45) is 0 Å². The molecule has 14 heavy (non-hydrogen) atoms. The van der Waals surface area contributed by atoms with Gasteiger partial charge in [0.25, 0.3) is 0 Å². The molecular formula is C8H12O6. The monoisotopic (exact) mass is 204 g/mol. The lowest BCUT2D eigenvalue weighted by atomic mass is 10.3. The Labute approximate surface area is 80.5 Å². The topological polar surface area (TPSA) is 112 Å². The zero-order chi connectivity index (χ0) is 11.6. The fourth-order valence-corrected chi connectivity index (χ4v) is 0.356. The lowest BCUT2D eigenvalue weighted by Gasteiger charge is -1.85. The second kappa shape index (κ2) is 9.24. The highest BCUT2D eigenvalue weighted by atomic mass is 16.4. The summed E-state index contributed by atoms with van der Waals surface area (Å²) >= 11 is 0. The molecule has 0 aromatic carbocycles. The molecule has 6 heteroatoms. The molecule has 6 nitrogen and oxygen atoms in total. The van der Waals surface area contributed by atoms with Crippen molar-refractivity contribution < 1.29 is 29.7 Å². The van der Waals surface area contributed by atoms with E-state index in [9.17, 15) is 14.4 Å². The highest BCUT2D eigenvalue weighted by molar-refractivity contribution is 5.79. The maximum absolute atomic E-state index is 9.64. The first-order valence-electron chi connectivity index (χ1n) is 3.69. The third-order valence-electron chi connectivity index (χ3n) is 0.862. The second-order valence-electron chi connectivity index (χ2n) is 2.13. The van der Waals surface area contributed by atoms with Crippen molar-refractivity contribution in [3.63, 3.8) is 0 Å². The van der Waals surface area contributed by atoms with Crippen LogP contribution in [0.3, 0.4) is 0 Å². The smallest absolute Gasteiger partial charge is 0.327 e. The standard InChI is InChI=1S/C4H6O4.C4H6O2/c5-3(6)1-2-4(7)8;1-2-3-4(5)6/h1-2H2,(H,5,6)(H,7,8);2-3H,1H3,(H,5,6). The molecule has 0 spiro atoms. The molecule has 0 aliphatic carbocycles. The van der Waals surface area contributed by atoms with Gasteiger partial charge in [0.15, 0.2) is 0 Å². The van der Waals surface area contributed by atoms with Crippen LogP contribution in [0.2, 0.25) is 0 Å². The Kier molecular flexibility index (Phi) is 9.68. The van der Waals surface area contributed by atoms with E-state index in [1.54, 1.807) is 6.92 Å². The van der Waals surface area contributed by atoms with Gasteiger partial charge in [-0.1, -0.05) is 6.08 Å². The average molecular weight is 204 g/mol. The Balaban J connectivity index is 0. The molecule has 0 radical (unpaired) electrons. The predicted octanol–water partition coefficient (Wildman–Crippen LogP) is 0.583. The van der Waals surface area contributed by atoms with E-state index in [2.05, 4.69) is 0 Å². The third kappa shape index (κ3) is 22.5. The summed E-state index contributed by atoms with van der Waals surface area (Å²) < 4.78 is 0. The number of carboxylic acids is 3. The summed E-state index contributed by atoms with van der Waals surface area (Å²) in [5.74, 6) is -3.04. The molecule has 0 saturated heterocycles. The van der Waals surface area contributed by atoms with Gasteiger partial charge in [-0.15, -0.1) is 0 Å². The number of aliphatic carboxylic acids is 3. The van der Waals surface area contributed by atoms with Crippen molar-refractivity contribution in [3.05, 3.63) is 12.2 Å². The summed E-state index contributed by atoms with van der Waals surface area (Å²) in [6.45, 7) is 1.66. The number of rotatable bonds is 4. The summed E-state index contributed by atoms with van der Waals surface area (Å²) in [4.78, 5) is 28.8. The van der Waals surface area contributed by atoms with Crippen molar-refractivity contribution in [3.8, 4) is 0 Å². The van der Waals surface area contributed by atoms with E-state index < -0.39 is 17.9 Å². The fourth-order valence-electron chi connectivity index (χ4n) is 0.356. The van der Waals surface area contributed by atoms with Crippen molar-refractivity contribution in [1.29, 1.82) is 0 Å². The Morgan fingerprint density at radius 2 is 1.36 bits per heavy atom. The highest BCUT2D eigenvalue weighted by Gasteiger charge is 2.00. The van der Waals surface area contributed by atoms with E-state index >= 15 is 0 Å². The minimum absolute atomic E-state index is 0.296.